The Morgan fingerprint density at radius 2 is 1.16 bits per heavy atom. The lowest BCUT2D eigenvalue weighted by molar-refractivity contribution is 0.407. The van der Waals surface area contributed by atoms with E-state index in [0.717, 1.165) is 6.07 Å². The van der Waals surface area contributed by atoms with Crippen LogP contribution < -0.4 is 20.3 Å². The number of benzene rings is 3. The molecule has 0 atom stereocenters. The van der Waals surface area contributed by atoms with Crippen molar-refractivity contribution >= 4 is 43.9 Å². The van der Waals surface area contributed by atoms with Gasteiger partial charge in [-0.3, -0.25) is 9.59 Å². The summed E-state index contributed by atoms with van der Waals surface area (Å²) in [6.07, 6.45) is 0. The van der Waals surface area contributed by atoms with E-state index < -0.39 is 55.8 Å². The molecule has 0 radical (unpaired) electrons. The Morgan fingerprint density at radius 3 is 1.72 bits per heavy atom. The summed E-state index contributed by atoms with van der Waals surface area (Å²) < 4.78 is 21.3. The van der Waals surface area contributed by atoms with Crippen LogP contribution in [-0.4, -0.2) is 34.6 Å². The summed E-state index contributed by atoms with van der Waals surface area (Å²) >= 11 is 0. The highest BCUT2D eigenvalue weighted by molar-refractivity contribution is 6.12. The Kier molecular flexibility index (Phi) is 3.90. The Balaban J connectivity index is 2.06. The SMILES string of the molecule is COc1cc(O)c2c(O)c3c(=O)c4c(O)c5c(=O)cc(OC)cc5oc4c(O)c3oc2c1. The van der Waals surface area contributed by atoms with Gasteiger partial charge in [-0.2, -0.15) is 0 Å². The second kappa shape index (κ2) is 6.45. The maximum absolute atomic E-state index is 13.3. The first-order valence-electron chi connectivity index (χ1n) is 9.15. The second-order valence-electron chi connectivity index (χ2n) is 7.01. The average molecular weight is 438 g/mol. The number of hydrogen-bond acceptors (Lipinski definition) is 10. The van der Waals surface area contributed by atoms with Gasteiger partial charge < -0.3 is 38.7 Å². The van der Waals surface area contributed by atoms with Crippen LogP contribution in [0.3, 0.4) is 0 Å². The minimum absolute atomic E-state index is 0.0885. The van der Waals surface area contributed by atoms with Gasteiger partial charge in [0.25, 0.3) is 0 Å². The minimum atomic E-state index is -0.982. The Labute approximate surface area is 176 Å². The highest BCUT2D eigenvalue weighted by Crippen LogP contribution is 2.45. The summed E-state index contributed by atoms with van der Waals surface area (Å²) in [5.41, 5.74) is -2.81. The molecule has 3 aromatic carbocycles. The number of methoxy groups -OCH3 is 2. The molecular formula is C22H14O10. The van der Waals surface area contributed by atoms with E-state index in [9.17, 15) is 30.0 Å². The topological polar surface area (TPSA) is 160 Å². The zero-order valence-corrected chi connectivity index (χ0v) is 16.5. The summed E-state index contributed by atoms with van der Waals surface area (Å²) in [6.45, 7) is 0. The van der Waals surface area contributed by atoms with Gasteiger partial charge >= 0.3 is 0 Å². The van der Waals surface area contributed by atoms with Gasteiger partial charge in [-0.25, -0.2) is 0 Å². The van der Waals surface area contributed by atoms with E-state index in [1.54, 1.807) is 0 Å². The van der Waals surface area contributed by atoms with Crippen molar-refractivity contribution in [3.05, 3.63) is 44.7 Å². The molecule has 0 saturated heterocycles. The number of ether oxygens (including phenoxy) is 2. The van der Waals surface area contributed by atoms with Crippen molar-refractivity contribution in [1.82, 2.24) is 0 Å². The van der Waals surface area contributed by atoms with E-state index >= 15 is 0 Å². The summed E-state index contributed by atoms with van der Waals surface area (Å²) in [7, 11) is 2.69. The molecule has 0 aliphatic rings. The Bertz CT molecular complexity index is 1730. The molecule has 0 amide bonds. The molecule has 10 nitrogen and oxygen atoms in total. The van der Waals surface area contributed by atoms with Gasteiger partial charge in [0.2, 0.25) is 11.2 Å². The van der Waals surface area contributed by atoms with Gasteiger partial charge in [0.1, 0.15) is 61.5 Å². The highest BCUT2D eigenvalue weighted by atomic mass is 16.5. The zero-order chi connectivity index (χ0) is 22.9. The monoisotopic (exact) mass is 438 g/mol. The number of fused-ring (bicyclic) bond motifs is 4. The maximum atomic E-state index is 13.3. The second-order valence-corrected chi connectivity index (χ2v) is 7.01. The van der Waals surface area contributed by atoms with Crippen LogP contribution in [-0.2, 0) is 0 Å². The molecule has 0 spiro atoms. The van der Waals surface area contributed by atoms with Crippen LogP contribution in [0.1, 0.15) is 0 Å². The predicted molar refractivity (Wildman–Crippen MR) is 113 cm³/mol. The summed E-state index contributed by atoms with van der Waals surface area (Å²) in [6, 6.07) is 4.94. The molecule has 162 valence electrons. The number of phenols is 2. The molecular weight excluding hydrogens is 424 g/mol. The average Bonchev–Trinajstić information content (AvgIpc) is 2.75. The number of phenolic OH excluding ortho intramolecular Hbond substituents is 2. The number of rotatable bonds is 2. The fourth-order valence-corrected chi connectivity index (χ4v) is 3.78. The third-order valence-corrected chi connectivity index (χ3v) is 5.28. The van der Waals surface area contributed by atoms with Gasteiger partial charge in [0.15, 0.2) is 16.6 Å². The molecule has 0 aliphatic carbocycles. The molecule has 5 aromatic rings. The van der Waals surface area contributed by atoms with Crippen molar-refractivity contribution in [1.29, 1.82) is 0 Å². The van der Waals surface area contributed by atoms with Crippen molar-refractivity contribution in [3.63, 3.8) is 0 Å². The molecule has 0 unspecified atom stereocenters. The van der Waals surface area contributed by atoms with Gasteiger partial charge in [-0.15, -0.1) is 0 Å². The fraction of sp³-hybridized carbons (Fsp3) is 0.0909. The molecule has 2 aromatic heterocycles. The molecule has 10 heteroatoms. The van der Waals surface area contributed by atoms with Gasteiger partial charge in [-0.1, -0.05) is 0 Å². The normalized spacial score (nSPS) is 11.6. The van der Waals surface area contributed by atoms with Crippen LogP contribution in [0.5, 0.6) is 34.5 Å². The third kappa shape index (κ3) is 2.40. The van der Waals surface area contributed by atoms with E-state index in [1.807, 2.05) is 0 Å². The zero-order valence-electron chi connectivity index (χ0n) is 16.5. The smallest absolute Gasteiger partial charge is 0.208 e. The van der Waals surface area contributed by atoms with Crippen LogP contribution in [0.4, 0.5) is 0 Å². The third-order valence-electron chi connectivity index (χ3n) is 5.28. The Hall–Kier alpha value is -4.60. The van der Waals surface area contributed by atoms with Crippen LogP contribution >= 0.6 is 0 Å². The molecule has 2 heterocycles. The maximum Gasteiger partial charge on any atom is 0.208 e. The lowest BCUT2D eigenvalue weighted by atomic mass is 10.0. The lowest BCUT2D eigenvalue weighted by Gasteiger charge is -2.12. The van der Waals surface area contributed by atoms with Crippen molar-refractivity contribution in [3.8, 4) is 34.5 Å². The largest absolute Gasteiger partial charge is 0.507 e. The standard InChI is InChI=1S/C22H14O10/c1-29-7-3-9(23)13-11(5-7)31-21-15(17(13)25)19(27)16-18(26)14-10(24)4-8(30-2)6-12(14)32-22(16)20(21)28/h3-6,23,25-26,28H,1-2H3. The first-order valence-corrected chi connectivity index (χ1v) is 9.15. The van der Waals surface area contributed by atoms with Gasteiger partial charge in [0.05, 0.1) is 14.2 Å². The van der Waals surface area contributed by atoms with E-state index in [-0.39, 0.29) is 33.4 Å². The predicted octanol–water partition coefficient (Wildman–Crippen LogP) is 3.05. The van der Waals surface area contributed by atoms with E-state index in [4.69, 9.17) is 18.3 Å². The van der Waals surface area contributed by atoms with Crippen molar-refractivity contribution in [2.75, 3.05) is 14.2 Å². The van der Waals surface area contributed by atoms with Crippen molar-refractivity contribution < 1.29 is 38.7 Å². The molecule has 0 bridgehead atoms. The van der Waals surface area contributed by atoms with Gasteiger partial charge in [0, 0.05) is 24.3 Å². The summed E-state index contributed by atoms with van der Waals surface area (Å²) in [5.74, 6) is -2.24. The lowest BCUT2D eigenvalue weighted by Crippen LogP contribution is -2.07. The van der Waals surface area contributed by atoms with Crippen LogP contribution in [0.2, 0.25) is 0 Å². The number of hydrogen-bond donors (Lipinski definition) is 4. The van der Waals surface area contributed by atoms with Crippen LogP contribution in [0.25, 0.3) is 43.9 Å². The Morgan fingerprint density at radius 1 is 0.656 bits per heavy atom. The molecule has 0 fully saturated rings. The molecule has 0 saturated carbocycles. The number of aromatic hydroxyl groups is 4. The highest BCUT2D eigenvalue weighted by Gasteiger charge is 2.26. The van der Waals surface area contributed by atoms with E-state index in [0.29, 0.717) is 0 Å². The van der Waals surface area contributed by atoms with Gasteiger partial charge in [-0.05, 0) is 0 Å². The summed E-state index contributed by atoms with van der Waals surface area (Å²) in [5, 5.41) is 41.1. The first-order chi connectivity index (χ1) is 15.3. The van der Waals surface area contributed by atoms with Crippen LogP contribution in [0, 0.1) is 0 Å². The van der Waals surface area contributed by atoms with Crippen molar-refractivity contribution in [2.45, 2.75) is 0 Å². The minimum Gasteiger partial charge on any atom is -0.507 e. The van der Waals surface area contributed by atoms with Crippen molar-refractivity contribution in [2.24, 2.45) is 0 Å². The molecule has 5 rings (SSSR count). The quantitative estimate of drug-likeness (QED) is 0.302. The van der Waals surface area contributed by atoms with Crippen LogP contribution in [0.15, 0.2) is 42.7 Å². The van der Waals surface area contributed by atoms with E-state index in [1.165, 1.54) is 32.4 Å². The first kappa shape index (κ1) is 19.4. The summed E-state index contributed by atoms with van der Waals surface area (Å²) in [4.78, 5) is 25.7. The van der Waals surface area contributed by atoms with E-state index in [2.05, 4.69) is 0 Å². The fourth-order valence-electron chi connectivity index (χ4n) is 3.78. The molecule has 32 heavy (non-hydrogen) atoms. The molecule has 4 N–H and O–H groups in total. The molecule has 0 aliphatic heterocycles.